The van der Waals surface area contributed by atoms with Crippen LogP contribution >= 0.6 is 23.2 Å². The molecule has 0 saturated heterocycles. The van der Waals surface area contributed by atoms with Gasteiger partial charge in [-0.3, -0.25) is 0 Å². The first kappa shape index (κ1) is 13.5. The van der Waals surface area contributed by atoms with Gasteiger partial charge < -0.3 is 9.84 Å². The molecule has 1 aromatic rings. The van der Waals surface area contributed by atoms with Crippen molar-refractivity contribution in [2.75, 3.05) is 0 Å². The van der Waals surface area contributed by atoms with Crippen LogP contribution in [-0.4, -0.2) is 21.0 Å². The number of carbonyl (C=O) groups is 1. The van der Waals surface area contributed by atoms with Crippen LogP contribution in [0.3, 0.4) is 0 Å². The third-order valence-electron chi connectivity index (χ3n) is 3.00. The molecule has 1 atom stereocenters. The van der Waals surface area contributed by atoms with Crippen LogP contribution in [-0.2, 0) is 4.79 Å². The summed E-state index contributed by atoms with van der Waals surface area (Å²) in [7, 11) is 0. The lowest BCUT2D eigenvalue weighted by Gasteiger charge is -2.21. The van der Waals surface area contributed by atoms with Crippen molar-refractivity contribution in [1.29, 1.82) is 0 Å². The molecule has 0 spiro atoms. The Morgan fingerprint density at radius 2 is 1.89 bits per heavy atom. The monoisotopic (exact) mass is 288 g/mol. The van der Waals surface area contributed by atoms with Crippen LogP contribution in [0.25, 0.3) is 0 Å². The number of hydrogen-bond donors (Lipinski definition) is 1. The molecule has 0 radical (unpaired) electrons. The van der Waals surface area contributed by atoms with E-state index >= 15 is 0 Å². The lowest BCUT2D eigenvalue weighted by atomic mass is 10.1. The summed E-state index contributed by atoms with van der Waals surface area (Å²) in [6.45, 7) is 3.01. The third kappa shape index (κ3) is 2.73. The summed E-state index contributed by atoms with van der Waals surface area (Å²) in [6, 6.07) is 7.21. The first-order valence-corrected chi connectivity index (χ1v) is 6.38. The zero-order chi connectivity index (χ0) is 13.6. The Hall–Kier alpha value is -0.930. The zero-order valence-corrected chi connectivity index (χ0v) is 11.6. The fourth-order valence-corrected chi connectivity index (χ4v) is 2.24. The fourth-order valence-electron chi connectivity index (χ4n) is 1.68. The van der Waals surface area contributed by atoms with Crippen molar-refractivity contribution in [3.8, 4) is 5.75 Å². The molecule has 0 aromatic heterocycles. The van der Waals surface area contributed by atoms with Gasteiger partial charge in [0.05, 0.1) is 0 Å². The van der Waals surface area contributed by atoms with E-state index in [4.69, 9.17) is 33.0 Å². The smallest absolute Gasteiger partial charge is 0.347 e. The molecule has 2 rings (SSSR count). The van der Waals surface area contributed by atoms with Crippen LogP contribution in [0.5, 0.6) is 5.75 Å². The van der Waals surface area contributed by atoms with E-state index in [-0.39, 0.29) is 5.92 Å². The minimum atomic E-state index is -1.25. The maximum absolute atomic E-state index is 10.9. The average molecular weight is 289 g/mol. The normalized spacial score (nSPS) is 21.4. The topological polar surface area (TPSA) is 46.5 Å². The van der Waals surface area contributed by atoms with Gasteiger partial charge in [-0.25, -0.2) is 4.79 Å². The molecule has 0 heterocycles. The number of carboxylic acid groups (broad SMARTS) is 1. The van der Waals surface area contributed by atoms with Gasteiger partial charge in [0.1, 0.15) is 10.1 Å². The van der Waals surface area contributed by atoms with E-state index in [0.717, 1.165) is 12.0 Å². The van der Waals surface area contributed by atoms with E-state index in [2.05, 4.69) is 0 Å². The minimum Gasteiger partial charge on any atom is -0.478 e. The summed E-state index contributed by atoms with van der Waals surface area (Å²) in [5, 5.41) is 8.96. The van der Waals surface area contributed by atoms with Crippen molar-refractivity contribution < 1.29 is 14.6 Å². The zero-order valence-electron chi connectivity index (χ0n) is 10.1. The molecule has 0 aliphatic heterocycles. The fraction of sp³-hybridized carbons (Fsp3) is 0.462. The number of benzene rings is 1. The number of ether oxygens (including phenoxy) is 1. The Labute approximate surface area is 116 Å². The molecule has 1 N–H and O–H groups in total. The number of alkyl halides is 2. The van der Waals surface area contributed by atoms with Crippen LogP contribution < -0.4 is 4.74 Å². The van der Waals surface area contributed by atoms with Gasteiger partial charge in [0.25, 0.3) is 0 Å². The van der Waals surface area contributed by atoms with Gasteiger partial charge in [0, 0.05) is 5.92 Å². The molecule has 18 heavy (non-hydrogen) atoms. The third-order valence-corrected chi connectivity index (χ3v) is 3.83. The van der Waals surface area contributed by atoms with Gasteiger partial charge in [-0.1, -0.05) is 12.1 Å². The average Bonchev–Trinajstić information content (AvgIpc) is 2.88. The Kier molecular flexibility index (Phi) is 3.24. The van der Waals surface area contributed by atoms with Crippen LogP contribution in [0.1, 0.15) is 31.7 Å². The second-order valence-electron chi connectivity index (χ2n) is 5.00. The minimum absolute atomic E-state index is 0.155. The highest BCUT2D eigenvalue weighted by atomic mass is 35.5. The second kappa shape index (κ2) is 4.32. The Balaban J connectivity index is 2.07. The number of halogens is 2. The van der Waals surface area contributed by atoms with Crippen molar-refractivity contribution >= 4 is 29.2 Å². The molecule has 1 saturated carbocycles. The number of rotatable bonds is 4. The standard InChI is InChI=1S/C13H14Cl2O3/c1-12(2,11(16)17)18-9-5-3-8(4-6-9)10-7-13(10,14)15/h3-6,10H,7H2,1-2H3,(H,16,17)/t10-/m0/s1. The number of carboxylic acids is 1. The van der Waals surface area contributed by atoms with E-state index in [1.807, 2.05) is 12.1 Å². The van der Waals surface area contributed by atoms with Crippen LogP contribution in [0, 0.1) is 0 Å². The van der Waals surface area contributed by atoms with Crippen molar-refractivity contribution in [3.63, 3.8) is 0 Å². The van der Waals surface area contributed by atoms with E-state index in [1.165, 1.54) is 13.8 Å². The summed E-state index contributed by atoms with van der Waals surface area (Å²) in [5.41, 5.74) is -0.204. The second-order valence-corrected chi connectivity index (χ2v) is 6.55. The van der Waals surface area contributed by atoms with E-state index in [0.29, 0.717) is 5.75 Å². The summed E-state index contributed by atoms with van der Waals surface area (Å²) < 4.78 is 4.75. The highest BCUT2D eigenvalue weighted by molar-refractivity contribution is 6.51. The van der Waals surface area contributed by atoms with Crippen molar-refractivity contribution in [2.45, 2.75) is 36.1 Å². The van der Waals surface area contributed by atoms with Gasteiger partial charge in [0.15, 0.2) is 5.60 Å². The molecular formula is C13H14Cl2O3. The molecule has 1 aromatic carbocycles. The summed E-state index contributed by atoms with van der Waals surface area (Å²) in [4.78, 5) is 10.9. The predicted molar refractivity (Wildman–Crippen MR) is 70.6 cm³/mol. The summed E-state index contributed by atoms with van der Waals surface area (Å²) >= 11 is 12.0. The molecule has 98 valence electrons. The molecule has 0 bridgehead atoms. The maximum Gasteiger partial charge on any atom is 0.347 e. The van der Waals surface area contributed by atoms with Crippen LogP contribution in [0.4, 0.5) is 0 Å². The summed E-state index contributed by atoms with van der Waals surface area (Å²) in [5.74, 6) is -0.335. The van der Waals surface area contributed by atoms with Crippen LogP contribution in [0.2, 0.25) is 0 Å². The lowest BCUT2D eigenvalue weighted by Crippen LogP contribution is -2.37. The van der Waals surface area contributed by atoms with E-state index in [9.17, 15) is 4.79 Å². The Bertz CT molecular complexity index is 466. The molecule has 5 heteroatoms. The Morgan fingerprint density at radius 1 is 1.39 bits per heavy atom. The SMILES string of the molecule is CC(C)(Oc1ccc([C@@H]2CC2(Cl)Cl)cc1)C(=O)O. The number of aliphatic carboxylic acids is 1. The highest BCUT2D eigenvalue weighted by Gasteiger charge is 2.52. The van der Waals surface area contributed by atoms with Gasteiger partial charge in [-0.15, -0.1) is 23.2 Å². The lowest BCUT2D eigenvalue weighted by molar-refractivity contribution is -0.152. The largest absolute Gasteiger partial charge is 0.478 e. The van der Waals surface area contributed by atoms with E-state index < -0.39 is 15.9 Å². The summed E-state index contributed by atoms with van der Waals surface area (Å²) in [6.07, 6.45) is 0.747. The molecule has 1 fully saturated rings. The molecule has 1 aliphatic rings. The van der Waals surface area contributed by atoms with Crippen molar-refractivity contribution in [3.05, 3.63) is 29.8 Å². The number of hydrogen-bond acceptors (Lipinski definition) is 2. The molecule has 0 unspecified atom stereocenters. The van der Waals surface area contributed by atoms with Crippen molar-refractivity contribution in [1.82, 2.24) is 0 Å². The highest BCUT2D eigenvalue weighted by Crippen LogP contribution is 2.59. The van der Waals surface area contributed by atoms with E-state index in [1.54, 1.807) is 12.1 Å². The van der Waals surface area contributed by atoms with Gasteiger partial charge in [0.2, 0.25) is 0 Å². The predicted octanol–water partition coefficient (Wildman–Crippen LogP) is 3.59. The molecule has 0 amide bonds. The van der Waals surface area contributed by atoms with Crippen molar-refractivity contribution in [2.24, 2.45) is 0 Å². The van der Waals surface area contributed by atoms with Gasteiger partial charge in [-0.05, 0) is 38.0 Å². The quantitative estimate of drug-likeness (QED) is 0.862. The molecular weight excluding hydrogens is 275 g/mol. The van der Waals surface area contributed by atoms with Gasteiger partial charge in [-0.2, -0.15) is 0 Å². The van der Waals surface area contributed by atoms with Gasteiger partial charge >= 0.3 is 5.97 Å². The maximum atomic E-state index is 10.9. The Morgan fingerprint density at radius 3 is 2.28 bits per heavy atom. The first-order chi connectivity index (χ1) is 8.22. The van der Waals surface area contributed by atoms with Crippen LogP contribution in [0.15, 0.2) is 24.3 Å². The first-order valence-electron chi connectivity index (χ1n) is 5.62. The molecule has 1 aliphatic carbocycles. The molecule has 3 nitrogen and oxygen atoms in total.